The maximum atomic E-state index is 13.2. The summed E-state index contributed by atoms with van der Waals surface area (Å²) in [7, 11) is 2.03. The summed E-state index contributed by atoms with van der Waals surface area (Å²) >= 11 is 0. The van der Waals surface area contributed by atoms with Crippen molar-refractivity contribution in [2.24, 2.45) is 0 Å². The van der Waals surface area contributed by atoms with Crippen molar-refractivity contribution < 1.29 is 14.0 Å². The quantitative estimate of drug-likeness (QED) is 0.914. The number of halogens is 1. The first kappa shape index (κ1) is 18.1. The van der Waals surface area contributed by atoms with Crippen molar-refractivity contribution in [3.8, 4) is 0 Å². The highest BCUT2D eigenvalue weighted by atomic mass is 19.1. The van der Waals surface area contributed by atoms with Gasteiger partial charge in [0.15, 0.2) is 0 Å². The Morgan fingerprint density at radius 3 is 2.62 bits per heavy atom. The number of nitrogens with zero attached hydrogens (tertiary/aromatic N) is 2. The number of likely N-dealkylation sites (N-methyl/N-ethyl adjacent to an activating group) is 1. The zero-order valence-electron chi connectivity index (χ0n) is 14.7. The third kappa shape index (κ3) is 4.26. The fourth-order valence-corrected chi connectivity index (χ4v) is 3.17. The van der Waals surface area contributed by atoms with Crippen molar-refractivity contribution in [2.45, 2.75) is 6.04 Å². The Morgan fingerprint density at radius 1 is 1.12 bits per heavy atom. The summed E-state index contributed by atoms with van der Waals surface area (Å²) in [5, 5.41) is 2.60. The fourth-order valence-electron chi connectivity index (χ4n) is 3.17. The zero-order chi connectivity index (χ0) is 18.5. The van der Waals surface area contributed by atoms with Gasteiger partial charge in [0.1, 0.15) is 5.82 Å². The van der Waals surface area contributed by atoms with Crippen LogP contribution in [0.4, 0.5) is 4.39 Å². The van der Waals surface area contributed by atoms with Gasteiger partial charge >= 0.3 is 0 Å². The molecule has 1 aliphatic rings. The van der Waals surface area contributed by atoms with Gasteiger partial charge in [-0.3, -0.25) is 9.59 Å². The average molecular weight is 355 g/mol. The van der Waals surface area contributed by atoms with E-state index in [1.165, 1.54) is 18.2 Å². The topological polar surface area (TPSA) is 52.6 Å². The lowest BCUT2D eigenvalue weighted by molar-refractivity contribution is -0.135. The molecule has 1 aliphatic heterocycles. The fraction of sp³-hybridized carbons (Fsp3) is 0.300. The summed E-state index contributed by atoms with van der Waals surface area (Å²) in [5.41, 5.74) is 1.28. The number of benzene rings is 2. The second-order valence-electron chi connectivity index (χ2n) is 6.47. The van der Waals surface area contributed by atoms with Crippen LogP contribution in [0.15, 0.2) is 54.6 Å². The van der Waals surface area contributed by atoms with E-state index in [1.54, 1.807) is 4.90 Å². The molecule has 1 saturated heterocycles. The van der Waals surface area contributed by atoms with Crippen LogP contribution in [0.3, 0.4) is 0 Å². The molecule has 0 aromatic heterocycles. The highest BCUT2D eigenvalue weighted by Gasteiger charge is 2.30. The lowest BCUT2D eigenvalue weighted by Gasteiger charge is -2.40. The Kier molecular flexibility index (Phi) is 5.63. The summed E-state index contributed by atoms with van der Waals surface area (Å²) in [4.78, 5) is 28.8. The molecule has 0 saturated carbocycles. The number of carbonyl (C=O) groups is 2. The molecule has 1 N–H and O–H groups in total. The van der Waals surface area contributed by atoms with Gasteiger partial charge in [-0.25, -0.2) is 4.39 Å². The minimum atomic E-state index is -0.479. The Balaban J connectivity index is 1.66. The molecule has 6 heteroatoms. The van der Waals surface area contributed by atoms with Gasteiger partial charge in [0.05, 0.1) is 12.6 Å². The molecule has 2 amide bonds. The lowest BCUT2D eigenvalue weighted by Crippen LogP contribution is -2.51. The molecule has 0 radical (unpaired) electrons. The Morgan fingerprint density at radius 2 is 1.88 bits per heavy atom. The third-order valence-electron chi connectivity index (χ3n) is 4.58. The van der Waals surface area contributed by atoms with Crippen LogP contribution in [-0.2, 0) is 4.79 Å². The molecule has 1 atom stereocenters. The molecule has 0 spiro atoms. The van der Waals surface area contributed by atoms with E-state index in [2.05, 4.69) is 10.2 Å². The smallest absolute Gasteiger partial charge is 0.251 e. The van der Waals surface area contributed by atoms with E-state index in [0.717, 1.165) is 24.7 Å². The minimum absolute atomic E-state index is 0.0477. The molecule has 136 valence electrons. The van der Waals surface area contributed by atoms with E-state index >= 15 is 0 Å². The maximum absolute atomic E-state index is 13.2. The van der Waals surface area contributed by atoms with Crippen LogP contribution in [0.25, 0.3) is 0 Å². The van der Waals surface area contributed by atoms with Gasteiger partial charge in [-0.15, -0.1) is 0 Å². The van der Waals surface area contributed by atoms with Gasteiger partial charge in [0, 0.05) is 25.2 Å². The lowest BCUT2D eigenvalue weighted by atomic mass is 10.0. The SMILES string of the molecule is CN1CCN(C(=O)CNC(=O)c2cccc(F)c2)C(c2ccccc2)C1. The van der Waals surface area contributed by atoms with Gasteiger partial charge in [0.25, 0.3) is 5.91 Å². The van der Waals surface area contributed by atoms with Crippen molar-refractivity contribution in [3.63, 3.8) is 0 Å². The first-order valence-corrected chi connectivity index (χ1v) is 8.61. The van der Waals surface area contributed by atoms with E-state index in [0.29, 0.717) is 6.54 Å². The minimum Gasteiger partial charge on any atom is -0.343 e. The predicted molar refractivity (Wildman–Crippen MR) is 97.1 cm³/mol. The van der Waals surface area contributed by atoms with Crippen LogP contribution in [0, 0.1) is 5.82 Å². The number of nitrogens with one attached hydrogen (secondary N) is 1. The monoisotopic (exact) mass is 355 g/mol. The molecule has 2 aromatic rings. The van der Waals surface area contributed by atoms with Crippen LogP contribution in [0.2, 0.25) is 0 Å². The first-order chi connectivity index (χ1) is 12.5. The number of piperazine rings is 1. The summed E-state index contributed by atoms with van der Waals surface area (Å²) in [5.74, 6) is -1.08. The number of hydrogen-bond donors (Lipinski definition) is 1. The van der Waals surface area contributed by atoms with Gasteiger partial charge in [-0.05, 0) is 30.8 Å². The van der Waals surface area contributed by atoms with Crippen LogP contribution in [0.1, 0.15) is 22.0 Å². The largest absolute Gasteiger partial charge is 0.343 e. The second-order valence-corrected chi connectivity index (χ2v) is 6.47. The maximum Gasteiger partial charge on any atom is 0.251 e. The van der Waals surface area contributed by atoms with E-state index in [9.17, 15) is 14.0 Å². The summed E-state index contributed by atoms with van der Waals surface area (Å²) in [6.07, 6.45) is 0. The summed E-state index contributed by atoms with van der Waals surface area (Å²) < 4.78 is 13.2. The van der Waals surface area contributed by atoms with Crippen molar-refractivity contribution in [1.29, 1.82) is 0 Å². The van der Waals surface area contributed by atoms with Crippen LogP contribution >= 0.6 is 0 Å². The van der Waals surface area contributed by atoms with E-state index in [1.807, 2.05) is 37.4 Å². The third-order valence-corrected chi connectivity index (χ3v) is 4.58. The molecule has 1 heterocycles. The standard InChI is InChI=1S/C20H22FN3O2/c1-23-10-11-24(18(14-23)15-6-3-2-4-7-15)19(25)13-22-20(26)16-8-5-9-17(21)12-16/h2-9,12,18H,10-11,13-14H2,1H3,(H,22,26). The summed E-state index contributed by atoms with van der Waals surface area (Å²) in [6, 6.07) is 15.2. The van der Waals surface area contributed by atoms with E-state index in [-0.39, 0.29) is 24.1 Å². The van der Waals surface area contributed by atoms with Crippen LogP contribution in [0.5, 0.6) is 0 Å². The van der Waals surface area contributed by atoms with Crippen molar-refractivity contribution in [1.82, 2.24) is 15.1 Å². The van der Waals surface area contributed by atoms with Crippen molar-refractivity contribution >= 4 is 11.8 Å². The van der Waals surface area contributed by atoms with Gasteiger partial charge in [-0.2, -0.15) is 0 Å². The van der Waals surface area contributed by atoms with Crippen LogP contribution < -0.4 is 5.32 Å². The molecule has 0 bridgehead atoms. The molecule has 2 aromatic carbocycles. The molecular weight excluding hydrogens is 333 g/mol. The van der Waals surface area contributed by atoms with Gasteiger partial charge in [0.2, 0.25) is 5.91 Å². The highest BCUT2D eigenvalue weighted by Crippen LogP contribution is 2.24. The molecule has 1 unspecified atom stereocenters. The molecule has 3 rings (SSSR count). The molecule has 26 heavy (non-hydrogen) atoms. The van der Waals surface area contributed by atoms with Gasteiger partial charge in [-0.1, -0.05) is 36.4 Å². The normalized spacial score (nSPS) is 17.8. The van der Waals surface area contributed by atoms with Gasteiger partial charge < -0.3 is 15.1 Å². The average Bonchev–Trinajstić information content (AvgIpc) is 2.66. The first-order valence-electron chi connectivity index (χ1n) is 8.61. The zero-order valence-corrected chi connectivity index (χ0v) is 14.7. The number of carbonyl (C=O) groups excluding carboxylic acids is 2. The highest BCUT2D eigenvalue weighted by molar-refractivity contribution is 5.96. The number of rotatable bonds is 4. The van der Waals surface area contributed by atoms with E-state index < -0.39 is 11.7 Å². The molecule has 1 fully saturated rings. The summed E-state index contributed by atoms with van der Waals surface area (Å²) in [6.45, 7) is 2.02. The predicted octanol–water partition coefficient (Wildman–Crippen LogP) is 2.07. The van der Waals surface area contributed by atoms with E-state index in [4.69, 9.17) is 0 Å². The Bertz CT molecular complexity index is 782. The molecule has 5 nitrogen and oxygen atoms in total. The van der Waals surface area contributed by atoms with Crippen molar-refractivity contribution in [3.05, 3.63) is 71.5 Å². The number of amides is 2. The van der Waals surface area contributed by atoms with Crippen molar-refractivity contribution in [2.75, 3.05) is 33.2 Å². The molecular formula is C20H22FN3O2. The molecule has 0 aliphatic carbocycles. The second kappa shape index (κ2) is 8.10. The van der Waals surface area contributed by atoms with Crippen LogP contribution in [-0.4, -0.2) is 54.8 Å². The number of hydrogen-bond acceptors (Lipinski definition) is 3. The Hall–Kier alpha value is -2.73. The Labute approximate surface area is 152 Å².